The third-order valence-electron chi connectivity index (χ3n) is 19.1. The van der Waals surface area contributed by atoms with E-state index in [2.05, 4.69) is 70.4 Å². The molecule has 3 unspecified atom stereocenters. The number of rotatable bonds is 17. The van der Waals surface area contributed by atoms with E-state index in [9.17, 15) is 19.5 Å². The maximum absolute atomic E-state index is 13.4. The third-order valence-corrected chi connectivity index (χ3v) is 22.8. The van der Waals surface area contributed by atoms with Crippen LogP contribution in [0.15, 0.2) is 164 Å². The minimum atomic E-state index is -1.44. The molecule has 22 heteroatoms. The second-order valence-electron chi connectivity index (χ2n) is 30.8. The summed E-state index contributed by atoms with van der Waals surface area (Å²) in [6.07, 6.45) is 8.31. The fourth-order valence-electron chi connectivity index (χ4n) is 14.5. The van der Waals surface area contributed by atoms with Crippen LogP contribution in [0.1, 0.15) is 162 Å². The number of pyridine rings is 3. The lowest BCUT2D eigenvalue weighted by Crippen LogP contribution is -2.30. The van der Waals surface area contributed by atoms with Crippen LogP contribution in [-0.4, -0.2) is 105 Å². The molecule has 0 bridgehead atoms. The molecule has 3 atom stereocenters. The number of carbonyl (C=O) groups excluding carboxylic acids is 2. The van der Waals surface area contributed by atoms with Gasteiger partial charge in [0.25, 0.3) is 0 Å². The average Bonchev–Trinajstić information content (AvgIpc) is 1.61. The predicted octanol–water partition coefficient (Wildman–Crippen LogP) is 20.9. The van der Waals surface area contributed by atoms with Gasteiger partial charge in [-0.25, -0.2) is 14.4 Å². The van der Waals surface area contributed by atoms with Gasteiger partial charge >= 0.3 is 25.0 Å². The van der Waals surface area contributed by atoms with Crippen LogP contribution in [0.3, 0.4) is 0 Å². The Labute approximate surface area is 678 Å². The van der Waals surface area contributed by atoms with Gasteiger partial charge in [0.2, 0.25) is 0 Å². The maximum atomic E-state index is 13.4. The predicted molar refractivity (Wildman–Crippen MR) is 455 cm³/mol. The quantitative estimate of drug-likeness (QED) is 0.0569. The first-order chi connectivity index (χ1) is 54.0. The van der Waals surface area contributed by atoms with Crippen LogP contribution in [0.25, 0.3) is 87.0 Å². The third kappa shape index (κ3) is 19.5. The van der Waals surface area contributed by atoms with Gasteiger partial charge < -0.3 is 53.0 Å². The number of ether oxygens (including phenoxy) is 8. The summed E-state index contributed by atoms with van der Waals surface area (Å²) >= 11 is 11.4. The van der Waals surface area contributed by atoms with E-state index in [1.165, 1.54) is 22.5 Å². The highest BCUT2D eigenvalue weighted by Gasteiger charge is 2.39. The number of carboxylic acid groups (broad SMARTS) is 1. The number of carbonyl (C=O) groups is 3. The first-order valence-corrected chi connectivity index (χ1v) is 41.1. The van der Waals surface area contributed by atoms with E-state index < -0.39 is 54.2 Å². The Kier molecular flexibility index (Phi) is 26.4. The van der Waals surface area contributed by atoms with Gasteiger partial charge in [0.15, 0.2) is 18.3 Å². The molecule has 6 aromatic heterocycles. The van der Waals surface area contributed by atoms with Crippen LogP contribution < -0.4 is 19.7 Å². The number of hydrogen-bond acceptors (Lipinski definition) is 19. The number of fused-ring (bicyclic) bond motifs is 6. The highest BCUT2D eigenvalue weighted by Crippen LogP contribution is 2.53. The molecule has 12 aromatic rings. The Morgan fingerprint density at radius 3 is 1.20 bits per heavy atom. The fraction of sp³-hybridized carbons (Fsp3) is 0.341. The molecule has 0 amide bonds. The van der Waals surface area contributed by atoms with Crippen molar-refractivity contribution in [3.05, 3.63) is 217 Å². The van der Waals surface area contributed by atoms with Gasteiger partial charge in [0.05, 0.1) is 66.4 Å². The summed E-state index contributed by atoms with van der Waals surface area (Å²) in [5, 5.41) is 31.3. The first kappa shape index (κ1) is 83.1. The monoisotopic (exact) mass is 1600 g/mol. The first-order valence-electron chi connectivity index (χ1n) is 38.3. The van der Waals surface area contributed by atoms with Gasteiger partial charge in [-0.3, -0.25) is 15.0 Å². The Bertz CT molecular complexity index is 5420. The number of esters is 2. The Morgan fingerprint density at radius 1 is 0.469 bits per heavy atom. The fourth-order valence-corrected chi connectivity index (χ4v) is 18.4. The number of para-hydroxylation sites is 3. The zero-order valence-corrected chi connectivity index (χ0v) is 69.7. The van der Waals surface area contributed by atoms with E-state index in [4.69, 9.17) is 59.5 Å². The number of halogens is 1. The van der Waals surface area contributed by atoms with Crippen LogP contribution in [0, 0.1) is 20.8 Å². The van der Waals surface area contributed by atoms with Crippen LogP contribution >= 0.6 is 45.6 Å². The second-order valence-corrected chi connectivity index (χ2v) is 35.1. The molecule has 0 aliphatic carbocycles. The van der Waals surface area contributed by atoms with Crippen molar-refractivity contribution in [3.8, 4) is 71.5 Å². The van der Waals surface area contributed by atoms with Crippen molar-refractivity contribution < 1.29 is 67.4 Å². The summed E-state index contributed by atoms with van der Waals surface area (Å²) < 4.78 is 47.7. The van der Waals surface area contributed by atoms with Gasteiger partial charge in [-0.15, -0.1) is 34.0 Å². The van der Waals surface area contributed by atoms with E-state index in [0.29, 0.717) is 28.6 Å². The molecule has 17 nitrogen and oxygen atoms in total. The lowest BCUT2D eigenvalue weighted by atomic mass is 9.78. The Hall–Kier alpha value is -9.39. The summed E-state index contributed by atoms with van der Waals surface area (Å²) in [4.78, 5) is 57.0. The number of hydrogen-bond donors (Lipinski definition) is 3. The van der Waals surface area contributed by atoms with Crippen molar-refractivity contribution in [2.24, 2.45) is 0 Å². The average molecular weight is 1600 g/mol. The van der Waals surface area contributed by atoms with E-state index in [1.54, 1.807) is 41.9 Å². The van der Waals surface area contributed by atoms with Crippen LogP contribution in [-0.2, 0) is 57.3 Å². The molecule has 9 heterocycles. The van der Waals surface area contributed by atoms with Gasteiger partial charge in [0.1, 0.15) is 21.6 Å². The number of benzene rings is 6. The number of nitrogens with zero attached hydrogens (tertiary/aromatic N) is 3. The van der Waals surface area contributed by atoms with Gasteiger partial charge in [-0.1, -0.05) is 84.4 Å². The van der Waals surface area contributed by atoms with Crippen LogP contribution in [0.2, 0.25) is 4.34 Å². The standard InChI is InChI=1S/C31H33NO4S.C29H29NO4S.C22H27ClO4S.C9H8BNO2/c1-6-34-30(33)28(36-31(3,4)5)26-19(2)37-29(23-15-16-32-24-12-8-7-11-22(23)24)27(26)21-13-14-25-20(18-21)10-9-17-35-25;1-17-24(26(28(31)32)34-29(2,3)4)25(19-11-12-23-18(16-19)8-7-15-33-23)27(35-17)21-13-14-30-22-10-6-5-9-20(21)22;1-6-25-21(24)19(27-22(3,4)5)17-13(2)28-20(23)18(17)15-9-10-16-14(12-15)8-7-11-26-16;12-10(13)8-5-6-11-9-4-2-1-3-7(8)9/h7-8,11-16,18,28H,6,9-10,17H2,1-5H3;5-6,9-14,16,26H,7-8,15H2,1-4H3,(H,31,32);9-10,12,19H,6-8,11H2,1-5H3;1-6,12-13H. The summed E-state index contributed by atoms with van der Waals surface area (Å²) in [5.74, 6) is 1.02. The van der Waals surface area contributed by atoms with Gasteiger partial charge in [-0.2, -0.15) is 0 Å². The van der Waals surface area contributed by atoms with E-state index in [0.717, 1.165) is 194 Å². The normalized spacial score (nSPS) is 14.0. The Morgan fingerprint density at radius 2 is 0.814 bits per heavy atom. The molecule has 3 aliphatic heterocycles. The molecular formula is C91H97BClN3O14S3. The molecule has 0 saturated carbocycles. The molecular weight excluding hydrogens is 1500 g/mol. The van der Waals surface area contributed by atoms with Crippen molar-refractivity contribution in [1.82, 2.24) is 15.0 Å². The Balaban J connectivity index is 0.000000146. The molecule has 15 rings (SSSR count). The molecule has 0 spiro atoms. The summed E-state index contributed by atoms with van der Waals surface area (Å²) in [6, 6.07) is 47.9. The van der Waals surface area contributed by atoms with E-state index in [-0.39, 0.29) is 5.97 Å². The number of carboxylic acids is 1. The van der Waals surface area contributed by atoms with Crippen molar-refractivity contribution in [1.29, 1.82) is 0 Å². The SMILES string of the molecule is CCOC(=O)C(OC(C)(C)C)c1c(C)sc(-c2ccnc3ccccc23)c1-c1ccc2c(c1)CCCO2.CCOC(=O)C(OC(C)(C)C)c1c(C)sc(Cl)c1-c1ccc2c(c1)CCCO2.Cc1sc(-c2ccnc3ccccc23)c(-c2ccc3c(c2)CCCO3)c1C(OC(C)(C)C)C(=O)O.OB(O)c1ccnc2ccccc12. The lowest BCUT2D eigenvalue weighted by molar-refractivity contribution is -0.167. The van der Waals surface area contributed by atoms with Crippen LogP contribution in [0.4, 0.5) is 0 Å². The molecule has 3 aliphatic rings. The molecule has 113 heavy (non-hydrogen) atoms. The smallest absolute Gasteiger partial charge is 0.489 e. The second kappa shape index (κ2) is 36.0. The van der Waals surface area contributed by atoms with Crippen LogP contribution in [0.5, 0.6) is 17.2 Å². The minimum Gasteiger partial charge on any atom is -0.493 e. The molecule has 0 fully saturated rings. The zero-order chi connectivity index (χ0) is 80.6. The largest absolute Gasteiger partial charge is 0.493 e. The van der Waals surface area contributed by atoms with E-state index in [1.807, 2.05) is 186 Å². The van der Waals surface area contributed by atoms with Gasteiger partial charge in [-0.05, 0) is 252 Å². The maximum Gasteiger partial charge on any atom is 0.489 e. The highest BCUT2D eigenvalue weighted by molar-refractivity contribution is 7.17. The van der Waals surface area contributed by atoms with Crippen molar-refractivity contribution in [2.45, 2.75) is 171 Å². The molecule has 0 radical (unpaired) electrons. The summed E-state index contributed by atoms with van der Waals surface area (Å²) in [5.41, 5.74) is 15.2. The van der Waals surface area contributed by atoms with Crippen molar-refractivity contribution in [2.75, 3.05) is 33.0 Å². The summed E-state index contributed by atoms with van der Waals surface area (Å²) in [6.45, 7) is 29.8. The molecule has 588 valence electrons. The van der Waals surface area contributed by atoms with E-state index >= 15 is 0 Å². The van der Waals surface area contributed by atoms with Gasteiger partial charge in [0, 0.05) is 98.3 Å². The number of aliphatic carboxylic acids is 1. The number of aromatic nitrogens is 3. The lowest BCUT2D eigenvalue weighted by Gasteiger charge is -2.28. The number of thiophene rings is 3. The topological polar surface area (TPSA) is 224 Å². The molecule has 6 aromatic carbocycles. The molecule has 3 N–H and O–H groups in total. The van der Waals surface area contributed by atoms with Crippen molar-refractivity contribution in [3.63, 3.8) is 0 Å². The molecule has 0 saturated heterocycles. The summed E-state index contributed by atoms with van der Waals surface area (Å²) in [7, 11) is -1.44. The number of aryl methyl sites for hydroxylation is 6. The highest BCUT2D eigenvalue weighted by atomic mass is 35.5. The van der Waals surface area contributed by atoms with Crippen molar-refractivity contribution >= 4 is 109 Å². The minimum absolute atomic E-state index is 0.291. The zero-order valence-electron chi connectivity index (χ0n) is 66.5.